The molecule has 0 fully saturated rings. The Morgan fingerprint density at radius 2 is 1.91 bits per heavy atom. The fourth-order valence-electron chi connectivity index (χ4n) is 3.90. The number of rotatable bonds is 2. The Morgan fingerprint density at radius 1 is 1.09 bits per heavy atom. The molecule has 1 aliphatic carbocycles. The summed E-state index contributed by atoms with van der Waals surface area (Å²) in [5.41, 5.74) is 5.79. The van der Waals surface area contributed by atoms with Crippen LogP contribution in [0.2, 0.25) is 0 Å². The average Bonchev–Trinajstić information content (AvgIpc) is 2.87. The van der Waals surface area contributed by atoms with Crippen molar-refractivity contribution in [3.8, 4) is 5.75 Å². The number of aromatic nitrogens is 1. The molecule has 1 aromatic heterocycles. The molecule has 1 heterocycles. The van der Waals surface area contributed by atoms with E-state index >= 15 is 0 Å². The van der Waals surface area contributed by atoms with Crippen LogP contribution in [0.3, 0.4) is 0 Å². The zero-order chi connectivity index (χ0) is 15.1. The molecular weight excluding hydrogens is 270 g/mol. The monoisotopic (exact) mass is 291 g/mol. The summed E-state index contributed by atoms with van der Waals surface area (Å²) in [6.07, 6.45) is 3.52. The van der Waals surface area contributed by atoms with E-state index in [4.69, 9.17) is 4.74 Å². The summed E-state index contributed by atoms with van der Waals surface area (Å²) in [4.78, 5) is 0. The van der Waals surface area contributed by atoms with Gasteiger partial charge in [0.1, 0.15) is 5.75 Å². The zero-order valence-electron chi connectivity index (χ0n) is 13.2. The van der Waals surface area contributed by atoms with Crippen LogP contribution >= 0.6 is 0 Å². The first-order chi connectivity index (χ1) is 10.8. The lowest BCUT2D eigenvalue weighted by Gasteiger charge is -2.24. The maximum Gasteiger partial charge on any atom is 0.119 e. The van der Waals surface area contributed by atoms with Gasteiger partial charge in [-0.1, -0.05) is 30.3 Å². The van der Waals surface area contributed by atoms with Crippen LogP contribution in [0, 0.1) is 0 Å². The molecule has 2 nitrogen and oxygen atoms in total. The van der Waals surface area contributed by atoms with Crippen LogP contribution in [-0.2, 0) is 19.9 Å². The van der Waals surface area contributed by atoms with Gasteiger partial charge in [0.25, 0.3) is 0 Å². The number of methoxy groups -OCH3 is 1. The molecule has 4 rings (SSSR count). The van der Waals surface area contributed by atoms with E-state index in [-0.39, 0.29) is 0 Å². The molecule has 1 aliphatic rings. The van der Waals surface area contributed by atoms with Crippen LogP contribution < -0.4 is 4.74 Å². The second-order valence-corrected chi connectivity index (χ2v) is 6.22. The molecule has 0 N–H and O–H groups in total. The second-order valence-electron chi connectivity index (χ2n) is 6.22. The van der Waals surface area contributed by atoms with Gasteiger partial charge in [-0.15, -0.1) is 0 Å². The lowest BCUT2D eigenvalue weighted by molar-refractivity contribution is 0.415. The second kappa shape index (κ2) is 5.20. The maximum absolute atomic E-state index is 5.42. The highest BCUT2D eigenvalue weighted by molar-refractivity contribution is 5.87. The van der Waals surface area contributed by atoms with Gasteiger partial charge in [-0.25, -0.2) is 0 Å². The maximum atomic E-state index is 5.42. The summed E-state index contributed by atoms with van der Waals surface area (Å²) >= 11 is 0. The lowest BCUT2D eigenvalue weighted by atomic mass is 9.82. The molecule has 0 bridgehead atoms. The van der Waals surface area contributed by atoms with Crippen molar-refractivity contribution < 1.29 is 4.74 Å². The fraction of sp³-hybridized carbons (Fsp3) is 0.300. The number of ether oxygens (including phenoxy) is 1. The number of aryl methyl sites for hydroxylation is 1. The Hall–Kier alpha value is -2.22. The highest BCUT2D eigenvalue weighted by atomic mass is 16.5. The van der Waals surface area contributed by atoms with Crippen molar-refractivity contribution in [2.45, 2.75) is 25.2 Å². The summed E-state index contributed by atoms with van der Waals surface area (Å²) in [5, 5.41) is 1.36. The Labute approximate surface area is 131 Å². The highest BCUT2D eigenvalue weighted by Gasteiger charge is 2.25. The Bertz CT molecular complexity index is 817. The molecule has 0 aliphatic heterocycles. The van der Waals surface area contributed by atoms with Gasteiger partial charge < -0.3 is 9.30 Å². The van der Waals surface area contributed by atoms with Gasteiger partial charge in [0.2, 0.25) is 0 Å². The minimum Gasteiger partial charge on any atom is -0.497 e. The molecule has 3 aromatic rings. The predicted octanol–water partition coefficient (Wildman–Crippen LogP) is 4.46. The summed E-state index contributed by atoms with van der Waals surface area (Å²) in [5.74, 6) is 1.58. The highest BCUT2D eigenvalue weighted by Crippen LogP contribution is 2.38. The van der Waals surface area contributed by atoms with E-state index in [9.17, 15) is 0 Å². The Morgan fingerprint density at radius 3 is 2.68 bits per heavy atom. The molecular formula is C20H21NO. The van der Waals surface area contributed by atoms with Crippen molar-refractivity contribution in [3.63, 3.8) is 0 Å². The standard InChI is InChI=1S/C20H21NO/c1-21-19-10-8-15(14-6-4-3-5-7-14)12-17(19)18-13-16(22-2)9-11-20(18)21/h3-7,9,11,13,15H,8,10,12H2,1-2H3. The number of nitrogens with zero attached hydrogens (tertiary/aromatic N) is 1. The molecule has 1 unspecified atom stereocenters. The Kier molecular flexibility index (Phi) is 3.18. The van der Waals surface area contributed by atoms with Crippen LogP contribution in [0.1, 0.15) is 29.2 Å². The van der Waals surface area contributed by atoms with Crippen molar-refractivity contribution in [1.82, 2.24) is 4.57 Å². The van der Waals surface area contributed by atoms with Crippen molar-refractivity contribution in [2.24, 2.45) is 7.05 Å². The number of hydrogen-bond donors (Lipinski definition) is 0. The summed E-state index contributed by atoms with van der Waals surface area (Å²) in [6.45, 7) is 0. The van der Waals surface area contributed by atoms with Gasteiger partial charge in [-0.2, -0.15) is 0 Å². The van der Waals surface area contributed by atoms with E-state index in [0.717, 1.165) is 18.6 Å². The summed E-state index contributed by atoms with van der Waals surface area (Å²) in [7, 11) is 3.93. The van der Waals surface area contributed by atoms with E-state index in [1.807, 2.05) is 0 Å². The predicted molar refractivity (Wildman–Crippen MR) is 90.7 cm³/mol. The third-order valence-corrected chi connectivity index (χ3v) is 5.09. The molecule has 0 saturated heterocycles. The molecule has 0 amide bonds. The van der Waals surface area contributed by atoms with Crippen molar-refractivity contribution in [1.29, 1.82) is 0 Å². The summed E-state index contributed by atoms with van der Waals surface area (Å²) < 4.78 is 7.79. The van der Waals surface area contributed by atoms with E-state index in [1.54, 1.807) is 7.11 Å². The van der Waals surface area contributed by atoms with E-state index in [1.165, 1.54) is 34.1 Å². The first-order valence-electron chi connectivity index (χ1n) is 7.97. The number of benzene rings is 2. The van der Waals surface area contributed by atoms with Gasteiger partial charge in [0, 0.05) is 23.6 Å². The summed E-state index contributed by atoms with van der Waals surface area (Å²) in [6, 6.07) is 17.4. The zero-order valence-corrected chi connectivity index (χ0v) is 13.2. The van der Waals surface area contributed by atoms with Crippen LogP contribution in [0.4, 0.5) is 0 Å². The molecule has 112 valence electrons. The van der Waals surface area contributed by atoms with Crippen LogP contribution in [0.15, 0.2) is 48.5 Å². The minimum absolute atomic E-state index is 0.630. The third-order valence-electron chi connectivity index (χ3n) is 5.09. The van der Waals surface area contributed by atoms with Crippen LogP contribution in [0.5, 0.6) is 5.75 Å². The van der Waals surface area contributed by atoms with E-state index in [0.29, 0.717) is 5.92 Å². The van der Waals surface area contributed by atoms with Gasteiger partial charge in [-0.3, -0.25) is 0 Å². The van der Waals surface area contributed by atoms with Crippen LogP contribution in [-0.4, -0.2) is 11.7 Å². The van der Waals surface area contributed by atoms with Gasteiger partial charge in [-0.05, 0) is 54.5 Å². The van der Waals surface area contributed by atoms with Gasteiger partial charge in [0.05, 0.1) is 7.11 Å². The van der Waals surface area contributed by atoms with Gasteiger partial charge in [0.15, 0.2) is 0 Å². The topological polar surface area (TPSA) is 14.2 Å². The normalized spacial score (nSPS) is 17.5. The molecule has 0 spiro atoms. The van der Waals surface area contributed by atoms with Crippen molar-refractivity contribution >= 4 is 10.9 Å². The fourth-order valence-corrected chi connectivity index (χ4v) is 3.90. The molecule has 22 heavy (non-hydrogen) atoms. The minimum atomic E-state index is 0.630. The molecule has 0 radical (unpaired) electrons. The largest absolute Gasteiger partial charge is 0.497 e. The quantitative estimate of drug-likeness (QED) is 0.680. The third kappa shape index (κ3) is 2.02. The lowest BCUT2D eigenvalue weighted by Crippen LogP contribution is -2.13. The van der Waals surface area contributed by atoms with E-state index < -0.39 is 0 Å². The van der Waals surface area contributed by atoms with Gasteiger partial charge >= 0.3 is 0 Å². The van der Waals surface area contributed by atoms with Crippen LogP contribution in [0.25, 0.3) is 10.9 Å². The number of fused-ring (bicyclic) bond motifs is 3. The molecule has 0 saturated carbocycles. The number of hydrogen-bond acceptors (Lipinski definition) is 1. The van der Waals surface area contributed by atoms with Crippen molar-refractivity contribution in [2.75, 3.05) is 7.11 Å². The molecule has 1 atom stereocenters. The van der Waals surface area contributed by atoms with E-state index in [2.05, 4.69) is 60.1 Å². The SMILES string of the molecule is COc1ccc2c(c1)c1c(n2C)CCC(c2ccccc2)C1. The average molecular weight is 291 g/mol. The first kappa shape index (κ1) is 13.4. The smallest absolute Gasteiger partial charge is 0.119 e. The van der Waals surface area contributed by atoms with Crippen molar-refractivity contribution in [3.05, 3.63) is 65.4 Å². The molecule has 2 heteroatoms. The first-order valence-corrected chi connectivity index (χ1v) is 7.97. The molecule has 2 aromatic carbocycles. The Balaban J connectivity index is 1.82.